The van der Waals surface area contributed by atoms with E-state index in [2.05, 4.69) is 0 Å². The van der Waals surface area contributed by atoms with Gasteiger partial charge >= 0.3 is 5.69 Å². The Labute approximate surface area is 130 Å². The Morgan fingerprint density at radius 1 is 1.19 bits per heavy atom. The number of hydrogen-bond donors (Lipinski definition) is 1. The van der Waals surface area contributed by atoms with E-state index < -0.39 is 4.92 Å². The van der Waals surface area contributed by atoms with Gasteiger partial charge in [-0.1, -0.05) is 40.9 Å². The molecule has 21 heavy (non-hydrogen) atoms. The van der Waals surface area contributed by atoms with Crippen molar-refractivity contribution in [2.45, 2.75) is 13.5 Å². The lowest BCUT2D eigenvalue weighted by atomic mass is 10.1. The minimum Gasteiger partial charge on any atom is -0.450 e. The average Bonchev–Trinajstić information content (AvgIpc) is 2.44. The summed E-state index contributed by atoms with van der Waals surface area (Å²) in [5.74, 6) is 0.289. The van der Waals surface area contributed by atoms with Crippen LogP contribution in [0.15, 0.2) is 30.3 Å². The average molecular weight is 328 g/mol. The lowest BCUT2D eigenvalue weighted by Gasteiger charge is -2.11. The van der Waals surface area contributed by atoms with Crippen molar-refractivity contribution in [3.05, 3.63) is 61.6 Å². The van der Waals surface area contributed by atoms with E-state index in [1.54, 1.807) is 18.2 Å². The van der Waals surface area contributed by atoms with E-state index in [0.717, 1.165) is 11.6 Å². The molecule has 2 aromatic rings. The molecule has 0 saturated carbocycles. The summed E-state index contributed by atoms with van der Waals surface area (Å²) in [6.45, 7) is 1.62. The van der Waals surface area contributed by atoms with Crippen molar-refractivity contribution in [2.24, 2.45) is 0 Å². The summed E-state index contributed by atoms with van der Waals surface area (Å²) in [6, 6.07) is 7.55. The van der Waals surface area contributed by atoms with Crippen LogP contribution >= 0.6 is 23.2 Å². The quantitative estimate of drug-likeness (QED) is 0.663. The molecule has 0 aliphatic rings. The van der Waals surface area contributed by atoms with E-state index in [0.29, 0.717) is 11.3 Å². The number of rotatable bonds is 4. The number of ether oxygens (including phenoxy) is 1. The zero-order chi connectivity index (χ0) is 15.6. The second-order valence-corrected chi connectivity index (χ2v) is 5.18. The smallest absolute Gasteiger partial charge is 0.313 e. The van der Waals surface area contributed by atoms with E-state index in [-0.39, 0.29) is 28.1 Å². The Kier molecular flexibility index (Phi) is 4.67. The number of nitro benzene ring substituents is 1. The van der Waals surface area contributed by atoms with Gasteiger partial charge in [-0.15, -0.1) is 0 Å². The van der Waals surface area contributed by atoms with Gasteiger partial charge in [-0.3, -0.25) is 10.1 Å². The maximum Gasteiger partial charge on any atom is 0.313 e. The first-order valence-corrected chi connectivity index (χ1v) is 6.69. The second-order valence-electron chi connectivity index (χ2n) is 4.36. The molecule has 1 N–H and O–H groups in total. The number of nitrogens with zero attached hydrogens (tertiary/aromatic N) is 1. The lowest BCUT2D eigenvalue weighted by molar-refractivity contribution is -0.385. The third kappa shape index (κ3) is 3.44. The third-order valence-corrected chi connectivity index (χ3v) is 3.53. The highest BCUT2D eigenvalue weighted by molar-refractivity contribution is 6.42. The van der Waals surface area contributed by atoms with Gasteiger partial charge in [-0.05, 0) is 13.0 Å². The number of nitro groups is 1. The van der Waals surface area contributed by atoms with Crippen molar-refractivity contribution >= 4 is 28.9 Å². The Morgan fingerprint density at radius 2 is 1.86 bits per heavy atom. The molecule has 2 aromatic carbocycles. The van der Waals surface area contributed by atoms with Crippen molar-refractivity contribution in [3.63, 3.8) is 0 Å². The number of hydrogen-bond acceptors (Lipinski definition) is 4. The Morgan fingerprint density at radius 3 is 2.48 bits per heavy atom. The van der Waals surface area contributed by atoms with E-state index in [1.165, 1.54) is 6.07 Å². The molecule has 0 saturated heterocycles. The molecule has 110 valence electrons. The zero-order valence-corrected chi connectivity index (χ0v) is 12.5. The molecular formula is C14H11Cl2NO4. The molecule has 0 bridgehead atoms. The number of aryl methyl sites for hydroxylation is 1. The van der Waals surface area contributed by atoms with Gasteiger partial charge in [-0.2, -0.15) is 0 Å². The Balaban J connectivity index is 2.48. The molecule has 0 radical (unpaired) electrons. The standard InChI is InChI=1S/C14H11Cl2NO4/c1-8-2-3-13(9(4-8)7-18)21-14-6-11(16)10(15)5-12(14)17(19)20/h2-6,18H,7H2,1H3. The van der Waals surface area contributed by atoms with Crippen molar-refractivity contribution in [1.82, 2.24) is 0 Å². The maximum atomic E-state index is 11.1. The van der Waals surface area contributed by atoms with Crippen LogP contribution in [0.2, 0.25) is 10.0 Å². The fourth-order valence-electron chi connectivity index (χ4n) is 1.79. The Bertz CT molecular complexity index is 704. The summed E-state index contributed by atoms with van der Waals surface area (Å²) in [5, 5.41) is 20.6. The van der Waals surface area contributed by atoms with Gasteiger partial charge in [0.15, 0.2) is 0 Å². The molecule has 0 aromatic heterocycles. The van der Waals surface area contributed by atoms with Gasteiger partial charge in [0.1, 0.15) is 5.75 Å². The van der Waals surface area contributed by atoms with E-state index in [9.17, 15) is 15.2 Å². The van der Waals surface area contributed by atoms with Crippen molar-refractivity contribution in [1.29, 1.82) is 0 Å². The molecule has 0 spiro atoms. The molecule has 0 heterocycles. The predicted octanol–water partition coefficient (Wildman–Crippen LogP) is 4.49. The van der Waals surface area contributed by atoms with E-state index >= 15 is 0 Å². The van der Waals surface area contributed by atoms with Crippen LogP contribution in [0, 0.1) is 17.0 Å². The first kappa shape index (κ1) is 15.6. The first-order chi connectivity index (χ1) is 9.92. The first-order valence-electron chi connectivity index (χ1n) is 5.94. The summed E-state index contributed by atoms with van der Waals surface area (Å²) < 4.78 is 5.54. The summed E-state index contributed by atoms with van der Waals surface area (Å²) in [4.78, 5) is 10.5. The molecule has 5 nitrogen and oxygen atoms in total. The van der Waals surface area contributed by atoms with Crippen LogP contribution in [0.1, 0.15) is 11.1 Å². The van der Waals surface area contributed by atoms with E-state index in [1.807, 2.05) is 6.92 Å². The van der Waals surface area contributed by atoms with Gasteiger partial charge in [0.2, 0.25) is 5.75 Å². The highest BCUT2D eigenvalue weighted by atomic mass is 35.5. The molecular weight excluding hydrogens is 317 g/mol. The maximum absolute atomic E-state index is 11.1. The summed E-state index contributed by atoms with van der Waals surface area (Å²) in [7, 11) is 0. The third-order valence-electron chi connectivity index (χ3n) is 2.80. The normalized spacial score (nSPS) is 10.5. The van der Waals surface area contributed by atoms with Gasteiger partial charge in [-0.25, -0.2) is 0 Å². The monoisotopic (exact) mass is 327 g/mol. The molecule has 0 fully saturated rings. The largest absolute Gasteiger partial charge is 0.450 e. The molecule has 7 heteroatoms. The fourth-order valence-corrected chi connectivity index (χ4v) is 2.10. The van der Waals surface area contributed by atoms with Crippen LogP contribution in [0.5, 0.6) is 11.5 Å². The lowest BCUT2D eigenvalue weighted by Crippen LogP contribution is -1.97. The van der Waals surface area contributed by atoms with Crippen LogP contribution in [-0.2, 0) is 6.61 Å². The molecule has 0 unspecified atom stereocenters. The highest BCUT2D eigenvalue weighted by Gasteiger charge is 2.20. The molecule has 0 aliphatic carbocycles. The molecule has 0 atom stereocenters. The number of halogens is 2. The number of aliphatic hydroxyl groups is 1. The van der Waals surface area contributed by atoms with Gasteiger partial charge < -0.3 is 9.84 Å². The van der Waals surface area contributed by atoms with Crippen molar-refractivity contribution < 1.29 is 14.8 Å². The number of aliphatic hydroxyl groups excluding tert-OH is 1. The fraction of sp³-hybridized carbons (Fsp3) is 0.143. The van der Waals surface area contributed by atoms with Crippen LogP contribution in [0.3, 0.4) is 0 Å². The van der Waals surface area contributed by atoms with Gasteiger partial charge in [0, 0.05) is 17.7 Å². The van der Waals surface area contributed by atoms with Crippen LogP contribution in [0.4, 0.5) is 5.69 Å². The zero-order valence-electron chi connectivity index (χ0n) is 11.0. The molecule has 0 amide bonds. The summed E-state index contributed by atoms with van der Waals surface area (Å²) in [6.07, 6.45) is 0. The van der Waals surface area contributed by atoms with Crippen molar-refractivity contribution in [2.75, 3.05) is 0 Å². The molecule has 2 rings (SSSR count). The highest BCUT2D eigenvalue weighted by Crippen LogP contribution is 2.38. The predicted molar refractivity (Wildman–Crippen MR) is 80.3 cm³/mol. The summed E-state index contributed by atoms with van der Waals surface area (Å²) >= 11 is 11.7. The van der Waals surface area contributed by atoms with Crippen molar-refractivity contribution in [3.8, 4) is 11.5 Å². The Hall–Kier alpha value is -1.82. The SMILES string of the molecule is Cc1ccc(Oc2cc(Cl)c(Cl)cc2[N+](=O)[O-])c(CO)c1. The minimum absolute atomic E-state index is 0.0343. The van der Waals surface area contributed by atoms with E-state index in [4.69, 9.17) is 27.9 Å². The van der Waals surface area contributed by atoms with Crippen LogP contribution in [0.25, 0.3) is 0 Å². The van der Waals surface area contributed by atoms with Crippen LogP contribution < -0.4 is 4.74 Å². The van der Waals surface area contributed by atoms with Gasteiger partial charge in [0.25, 0.3) is 0 Å². The number of benzene rings is 2. The topological polar surface area (TPSA) is 72.6 Å². The second kappa shape index (κ2) is 6.30. The minimum atomic E-state index is -0.607. The molecule has 0 aliphatic heterocycles. The van der Waals surface area contributed by atoms with Crippen LogP contribution in [-0.4, -0.2) is 10.0 Å². The summed E-state index contributed by atoms with van der Waals surface area (Å²) in [5.41, 5.74) is 1.17. The van der Waals surface area contributed by atoms with Gasteiger partial charge in [0.05, 0.1) is 21.6 Å².